The number of ether oxygens (including phenoxy) is 1. The average Bonchev–Trinajstić information content (AvgIpc) is 3.42. The Kier molecular flexibility index (Phi) is 8.30. The molecule has 1 fully saturated rings. The quantitative estimate of drug-likeness (QED) is 0.396. The number of nitrogens with zero attached hydrogens (tertiary/aromatic N) is 4. The molecule has 1 aliphatic heterocycles. The summed E-state index contributed by atoms with van der Waals surface area (Å²) in [7, 11) is 4.13. The minimum atomic E-state index is -5.01. The van der Waals surface area contributed by atoms with E-state index in [0.717, 1.165) is 17.8 Å². The van der Waals surface area contributed by atoms with E-state index >= 15 is 0 Å². The molecule has 0 aromatic heterocycles. The first kappa shape index (κ1) is 28.8. The van der Waals surface area contributed by atoms with Crippen molar-refractivity contribution >= 4 is 22.6 Å². The van der Waals surface area contributed by atoms with E-state index in [1.807, 2.05) is 24.3 Å². The van der Waals surface area contributed by atoms with Gasteiger partial charge in [0.25, 0.3) is 0 Å². The standard InChI is InChI=1S/C29H28F4N4O3/c1-35(17-24-23-7-5-4-6-19(23)14-20(15-34)26(24)40-3)27(38)25(18-8-10-21(30)11-9-18)37-13-12-22(16-37)36(2)28(39)29(31,32)33/h4-11,14,22,25H,12-13,16-17H2,1-3H3/t22-,25?/m0/s1. The Morgan fingerprint density at radius 2 is 1.82 bits per heavy atom. The molecule has 2 atom stereocenters. The molecule has 1 unspecified atom stereocenters. The summed E-state index contributed by atoms with van der Waals surface area (Å²) < 4.78 is 58.5. The van der Waals surface area contributed by atoms with E-state index in [2.05, 4.69) is 6.07 Å². The van der Waals surface area contributed by atoms with Gasteiger partial charge in [0, 0.05) is 45.3 Å². The first-order valence-corrected chi connectivity index (χ1v) is 12.5. The first-order valence-electron chi connectivity index (χ1n) is 12.5. The Labute approximate surface area is 229 Å². The van der Waals surface area contributed by atoms with Crippen LogP contribution in [0.3, 0.4) is 0 Å². The summed E-state index contributed by atoms with van der Waals surface area (Å²) in [6.07, 6.45) is -4.77. The number of hydrogen-bond donors (Lipinski definition) is 0. The Morgan fingerprint density at radius 3 is 2.45 bits per heavy atom. The summed E-state index contributed by atoms with van der Waals surface area (Å²) in [5.41, 5.74) is 1.40. The molecule has 1 saturated heterocycles. The summed E-state index contributed by atoms with van der Waals surface area (Å²) in [5, 5.41) is 11.3. The number of methoxy groups -OCH3 is 1. The fraction of sp³-hybridized carbons (Fsp3) is 0.345. The predicted molar refractivity (Wildman–Crippen MR) is 140 cm³/mol. The Hall–Kier alpha value is -4.17. The molecule has 11 heteroatoms. The van der Waals surface area contributed by atoms with Gasteiger partial charge in [-0.15, -0.1) is 0 Å². The van der Waals surface area contributed by atoms with E-state index in [1.165, 1.54) is 36.3 Å². The van der Waals surface area contributed by atoms with Crippen LogP contribution in [-0.4, -0.2) is 73.0 Å². The Balaban J connectivity index is 1.67. The summed E-state index contributed by atoms with van der Waals surface area (Å²) in [6, 6.07) is 14.9. The van der Waals surface area contributed by atoms with Crippen molar-refractivity contribution < 1.29 is 31.9 Å². The van der Waals surface area contributed by atoms with Gasteiger partial charge in [-0.2, -0.15) is 18.4 Å². The number of benzene rings is 3. The van der Waals surface area contributed by atoms with Gasteiger partial charge in [0.15, 0.2) is 0 Å². The van der Waals surface area contributed by atoms with Gasteiger partial charge < -0.3 is 14.5 Å². The van der Waals surface area contributed by atoms with E-state index in [4.69, 9.17) is 4.74 Å². The number of carbonyl (C=O) groups excluding carboxylic acids is 2. The number of likely N-dealkylation sites (N-methyl/N-ethyl adjacent to an activating group) is 2. The molecule has 1 heterocycles. The lowest BCUT2D eigenvalue weighted by Gasteiger charge is -2.32. The van der Waals surface area contributed by atoms with Crippen LogP contribution in [0.15, 0.2) is 54.6 Å². The molecule has 7 nitrogen and oxygen atoms in total. The molecular weight excluding hydrogens is 528 g/mol. The van der Waals surface area contributed by atoms with Crippen LogP contribution < -0.4 is 4.74 Å². The van der Waals surface area contributed by atoms with Gasteiger partial charge in [0.05, 0.1) is 12.7 Å². The fourth-order valence-corrected chi connectivity index (χ4v) is 5.24. The normalized spacial score (nSPS) is 16.4. The summed E-state index contributed by atoms with van der Waals surface area (Å²) >= 11 is 0. The molecule has 0 N–H and O–H groups in total. The van der Waals surface area contributed by atoms with Crippen molar-refractivity contribution in [3.05, 3.63) is 77.1 Å². The van der Waals surface area contributed by atoms with Gasteiger partial charge >= 0.3 is 12.1 Å². The monoisotopic (exact) mass is 556 g/mol. The number of halogens is 4. The van der Waals surface area contributed by atoms with E-state index < -0.39 is 30.0 Å². The maximum absolute atomic E-state index is 14.0. The second-order valence-corrected chi connectivity index (χ2v) is 9.77. The van der Waals surface area contributed by atoms with Crippen LogP contribution in [0.1, 0.15) is 29.2 Å². The van der Waals surface area contributed by atoms with Crippen LogP contribution in [0.4, 0.5) is 17.6 Å². The summed E-state index contributed by atoms with van der Waals surface area (Å²) in [6.45, 7) is 0.341. The number of carbonyl (C=O) groups is 2. The topological polar surface area (TPSA) is 76.9 Å². The predicted octanol–water partition coefficient (Wildman–Crippen LogP) is 4.65. The van der Waals surface area contributed by atoms with Crippen LogP contribution in [0.2, 0.25) is 0 Å². The van der Waals surface area contributed by atoms with E-state index in [9.17, 15) is 32.4 Å². The second kappa shape index (κ2) is 11.5. The molecule has 40 heavy (non-hydrogen) atoms. The molecule has 3 aromatic carbocycles. The van der Waals surface area contributed by atoms with Crippen LogP contribution >= 0.6 is 0 Å². The number of likely N-dealkylation sites (tertiary alicyclic amines) is 1. The van der Waals surface area contributed by atoms with Crippen molar-refractivity contribution in [2.24, 2.45) is 0 Å². The fourth-order valence-electron chi connectivity index (χ4n) is 5.24. The Bertz CT molecular complexity index is 1450. The molecule has 0 aliphatic carbocycles. The van der Waals surface area contributed by atoms with Gasteiger partial charge in [-0.25, -0.2) is 4.39 Å². The third-order valence-electron chi connectivity index (χ3n) is 7.29. The van der Waals surface area contributed by atoms with E-state index in [1.54, 1.807) is 18.0 Å². The number of amides is 2. The maximum Gasteiger partial charge on any atom is 0.471 e. The number of hydrogen-bond acceptors (Lipinski definition) is 5. The molecule has 1 aliphatic rings. The number of nitriles is 1. The van der Waals surface area contributed by atoms with Crippen molar-refractivity contribution in [2.75, 3.05) is 34.3 Å². The zero-order valence-electron chi connectivity index (χ0n) is 22.2. The highest BCUT2D eigenvalue weighted by Gasteiger charge is 2.45. The Morgan fingerprint density at radius 1 is 1.15 bits per heavy atom. The van der Waals surface area contributed by atoms with Crippen molar-refractivity contribution in [1.82, 2.24) is 14.7 Å². The third-order valence-corrected chi connectivity index (χ3v) is 7.29. The van der Waals surface area contributed by atoms with Gasteiger partial charge in [-0.05, 0) is 41.0 Å². The third kappa shape index (κ3) is 5.72. The lowest BCUT2D eigenvalue weighted by Crippen LogP contribution is -2.47. The lowest BCUT2D eigenvalue weighted by atomic mass is 9.98. The number of alkyl halides is 3. The van der Waals surface area contributed by atoms with Crippen molar-refractivity contribution in [1.29, 1.82) is 5.26 Å². The molecule has 0 saturated carbocycles. The minimum absolute atomic E-state index is 0.0239. The molecule has 0 radical (unpaired) electrons. The van der Waals surface area contributed by atoms with Crippen molar-refractivity contribution in [3.8, 4) is 11.8 Å². The molecule has 0 bridgehead atoms. The van der Waals surface area contributed by atoms with Gasteiger partial charge in [-0.3, -0.25) is 14.5 Å². The van der Waals surface area contributed by atoms with Gasteiger partial charge in [0.2, 0.25) is 5.91 Å². The average molecular weight is 557 g/mol. The van der Waals surface area contributed by atoms with Crippen LogP contribution in [0.25, 0.3) is 10.8 Å². The maximum atomic E-state index is 14.0. The zero-order valence-corrected chi connectivity index (χ0v) is 22.2. The van der Waals surface area contributed by atoms with Crippen LogP contribution in [0.5, 0.6) is 5.75 Å². The van der Waals surface area contributed by atoms with E-state index in [-0.39, 0.29) is 32.0 Å². The molecule has 0 spiro atoms. The van der Waals surface area contributed by atoms with E-state index in [0.29, 0.717) is 27.3 Å². The van der Waals surface area contributed by atoms with Crippen LogP contribution in [0, 0.1) is 17.1 Å². The molecule has 2 amide bonds. The smallest absolute Gasteiger partial charge is 0.471 e. The van der Waals surface area contributed by atoms with Crippen LogP contribution in [-0.2, 0) is 16.1 Å². The highest BCUT2D eigenvalue weighted by molar-refractivity contribution is 5.91. The summed E-state index contributed by atoms with van der Waals surface area (Å²) in [5.74, 6) is -2.49. The SMILES string of the molecule is COc1c(C#N)cc2ccccc2c1CN(C)C(=O)C(c1ccc(F)cc1)N1CC[C@H](N(C)C(=O)C(F)(F)F)C1. The highest BCUT2D eigenvalue weighted by atomic mass is 19.4. The highest BCUT2D eigenvalue weighted by Crippen LogP contribution is 2.35. The zero-order chi connectivity index (χ0) is 29.2. The molecule has 3 aromatic rings. The van der Waals surface area contributed by atoms with Gasteiger partial charge in [0.1, 0.15) is 23.7 Å². The number of fused-ring (bicyclic) bond motifs is 1. The first-order chi connectivity index (χ1) is 19.0. The van der Waals surface area contributed by atoms with Crippen molar-refractivity contribution in [3.63, 3.8) is 0 Å². The summed E-state index contributed by atoms with van der Waals surface area (Å²) in [4.78, 5) is 29.7. The number of rotatable bonds is 7. The molecular formula is C29H28F4N4O3. The van der Waals surface area contributed by atoms with Gasteiger partial charge in [-0.1, -0.05) is 36.4 Å². The molecule has 4 rings (SSSR count). The molecule has 210 valence electrons. The second-order valence-electron chi connectivity index (χ2n) is 9.77. The lowest BCUT2D eigenvalue weighted by molar-refractivity contribution is -0.186. The largest absolute Gasteiger partial charge is 0.495 e. The van der Waals surface area contributed by atoms with Crippen molar-refractivity contribution in [2.45, 2.75) is 31.2 Å². The minimum Gasteiger partial charge on any atom is -0.495 e.